The summed E-state index contributed by atoms with van der Waals surface area (Å²) in [6, 6.07) is 5.01. The highest BCUT2D eigenvalue weighted by molar-refractivity contribution is 9.10. The van der Waals surface area contributed by atoms with E-state index < -0.39 is 11.5 Å². The summed E-state index contributed by atoms with van der Waals surface area (Å²) in [7, 11) is 1.47. The van der Waals surface area contributed by atoms with E-state index in [4.69, 9.17) is 10.5 Å². The Bertz CT molecular complexity index is 541. The highest BCUT2D eigenvalue weighted by Gasteiger charge is 2.48. The molecule has 1 aromatic rings. The number of ether oxygens (including phenoxy) is 1. The van der Waals surface area contributed by atoms with Crippen molar-refractivity contribution >= 4 is 27.7 Å². The number of primary amides is 1. The first-order valence-electron chi connectivity index (χ1n) is 5.52. The first-order chi connectivity index (χ1) is 8.87. The summed E-state index contributed by atoms with van der Waals surface area (Å²) >= 11 is 3.29. The molecule has 1 aromatic carbocycles. The Morgan fingerprint density at radius 1 is 1.47 bits per heavy atom. The van der Waals surface area contributed by atoms with E-state index in [2.05, 4.69) is 15.9 Å². The molecule has 0 saturated carbocycles. The van der Waals surface area contributed by atoms with Gasteiger partial charge in [0.2, 0.25) is 0 Å². The van der Waals surface area contributed by atoms with E-state index >= 15 is 0 Å². The summed E-state index contributed by atoms with van der Waals surface area (Å²) in [6.45, 7) is -0.194. The van der Waals surface area contributed by atoms with Crippen LogP contribution in [0.5, 0.6) is 5.75 Å². The monoisotopic (exact) mass is 328 g/mol. The molecule has 2 amide bonds. The molecule has 2 rings (SSSR count). The molecule has 3 N–H and O–H groups in total. The number of rotatable bonds is 3. The van der Waals surface area contributed by atoms with Crippen LogP contribution in [0, 0.1) is 0 Å². The third-order valence-electron chi connectivity index (χ3n) is 3.04. The standard InChI is InChI=1S/C12H13BrN2O4/c1-19-9-4-7(13)2-3-8(9)10(16)15-5-12(18,6-15)11(14)17/h2-4,18H,5-6H2,1H3,(H2,14,17). The minimum absolute atomic E-state index is 0.0968. The van der Waals surface area contributed by atoms with Gasteiger partial charge in [-0.1, -0.05) is 15.9 Å². The number of carbonyl (C=O) groups is 2. The van der Waals surface area contributed by atoms with Crippen molar-refractivity contribution in [3.05, 3.63) is 28.2 Å². The molecule has 0 unspecified atom stereocenters. The van der Waals surface area contributed by atoms with Crippen molar-refractivity contribution in [3.63, 3.8) is 0 Å². The Hall–Kier alpha value is -1.60. The summed E-state index contributed by atoms with van der Waals surface area (Å²) < 4.78 is 5.92. The maximum absolute atomic E-state index is 12.2. The van der Waals surface area contributed by atoms with Crippen LogP contribution in [0.4, 0.5) is 0 Å². The van der Waals surface area contributed by atoms with E-state index in [1.54, 1.807) is 18.2 Å². The fourth-order valence-electron chi connectivity index (χ4n) is 1.90. The highest BCUT2D eigenvalue weighted by atomic mass is 79.9. The van der Waals surface area contributed by atoms with Crippen molar-refractivity contribution < 1.29 is 19.4 Å². The van der Waals surface area contributed by atoms with Crippen LogP contribution in [-0.4, -0.2) is 47.6 Å². The van der Waals surface area contributed by atoms with Gasteiger partial charge in [-0.3, -0.25) is 9.59 Å². The summed E-state index contributed by atoms with van der Waals surface area (Å²) in [4.78, 5) is 24.5. The van der Waals surface area contributed by atoms with Crippen LogP contribution in [0.25, 0.3) is 0 Å². The molecule has 7 heteroatoms. The van der Waals surface area contributed by atoms with Gasteiger partial charge in [-0.15, -0.1) is 0 Å². The maximum atomic E-state index is 12.2. The van der Waals surface area contributed by atoms with Gasteiger partial charge in [-0.2, -0.15) is 0 Å². The second-order valence-corrected chi connectivity index (χ2v) is 5.32. The zero-order valence-corrected chi connectivity index (χ0v) is 11.8. The average Bonchev–Trinajstić information content (AvgIpc) is 2.33. The van der Waals surface area contributed by atoms with Crippen molar-refractivity contribution in [1.29, 1.82) is 0 Å². The van der Waals surface area contributed by atoms with E-state index in [1.165, 1.54) is 12.0 Å². The van der Waals surface area contributed by atoms with Crippen LogP contribution < -0.4 is 10.5 Å². The quantitative estimate of drug-likeness (QED) is 0.824. The highest BCUT2D eigenvalue weighted by Crippen LogP contribution is 2.28. The summed E-state index contributed by atoms with van der Waals surface area (Å²) in [5, 5.41) is 9.72. The molecular formula is C12H13BrN2O4. The third kappa shape index (κ3) is 2.43. The molecule has 1 fully saturated rings. The topological polar surface area (TPSA) is 92.9 Å². The number of hydrogen-bond acceptors (Lipinski definition) is 4. The smallest absolute Gasteiger partial charge is 0.257 e. The minimum Gasteiger partial charge on any atom is -0.496 e. The van der Waals surface area contributed by atoms with E-state index in [0.717, 1.165) is 4.47 Å². The molecule has 0 radical (unpaired) electrons. The molecule has 1 heterocycles. The van der Waals surface area contributed by atoms with Crippen molar-refractivity contribution in [2.75, 3.05) is 20.2 Å². The van der Waals surface area contributed by atoms with Crippen LogP contribution in [0.3, 0.4) is 0 Å². The largest absolute Gasteiger partial charge is 0.496 e. The predicted molar refractivity (Wildman–Crippen MR) is 70.7 cm³/mol. The SMILES string of the molecule is COc1cc(Br)ccc1C(=O)N1CC(O)(C(N)=O)C1. The van der Waals surface area contributed by atoms with Crippen molar-refractivity contribution in [2.45, 2.75) is 5.60 Å². The Labute approximate surface area is 118 Å². The van der Waals surface area contributed by atoms with Gasteiger partial charge >= 0.3 is 0 Å². The van der Waals surface area contributed by atoms with E-state index in [1.807, 2.05) is 0 Å². The number of benzene rings is 1. The first-order valence-corrected chi connectivity index (χ1v) is 6.32. The number of hydrogen-bond donors (Lipinski definition) is 2. The molecule has 0 bridgehead atoms. The molecule has 6 nitrogen and oxygen atoms in total. The van der Waals surface area contributed by atoms with Gasteiger partial charge in [-0.05, 0) is 18.2 Å². The number of β-amino-alcohol motifs (C(OH)–C–C–N with tert-alkyl or cyclic N) is 1. The normalized spacial score (nSPS) is 16.7. The Morgan fingerprint density at radius 2 is 2.11 bits per heavy atom. The zero-order valence-electron chi connectivity index (χ0n) is 10.2. The van der Waals surface area contributed by atoms with Crippen LogP contribution >= 0.6 is 15.9 Å². The molecule has 0 atom stereocenters. The number of likely N-dealkylation sites (tertiary alicyclic amines) is 1. The average molecular weight is 329 g/mol. The maximum Gasteiger partial charge on any atom is 0.257 e. The van der Waals surface area contributed by atoms with Gasteiger partial charge in [0.05, 0.1) is 25.8 Å². The number of aliphatic hydroxyl groups is 1. The summed E-state index contributed by atoms with van der Waals surface area (Å²) in [5.41, 5.74) is 3.81. The van der Waals surface area contributed by atoms with Crippen molar-refractivity contribution in [1.82, 2.24) is 4.90 Å². The fourth-order valence-corrected chi connectivity index (χ4v) is 2.24. The van der Waals surface area contributed by atoms with Crippen LogP contribution in [0.15, 0.2) is 22.7 Å². The molecule has 19 heavy (non-hydrogen) atoms. The molecule has 1 aliphatic rings. The van der Waals surface area contributed by atoms with Gasteiger partial charge in [0.25, 0.3) is 11.8 Å². The lowest BCUT2D eigenvalue weighted by atomic mass is 9.92. The fraction of sp³-hybridized carbons (Fsp3) is 0.333. The van der Waals surface area contributed by atoms with E-state index in [-0.39, 0.29) is 19.0 Å². The number of methoxy groups -OCH3 is 1. The Balaban J connectivity index is 2.17. The third-order valence-corrected chi connectivity index (χ3v) is 3.54. The van der Waals surface area contributed by atoms with Gasteiger partial charge in [0.15, 0.2) is 5.60 Å². The van der Waals surface area contributed by atoms with Crippen molar-refractivity contribution in [3.8, 4) is 5.75 Å². The minimum atomic E-state index is -1.61. The van der Waals surface area contributed by atoms with E-state index in [9.17, 15) is 14.7 Å². The first kappa shape index (κ1) is 13.8. The second kappa shape index (κ2) is 4.82. The number of nitrogens with two attached hydrogens (primary N) is 1. The van der Waals surface area contributed by atoms with Gasteiger partial charge < -0.3 is 20.5 Å². The number of carbonyl (C=O) groups excluding carboxylic acids is 2. The van der Waals surface area contributed by atoms with Gasteiger partial charge in [-0.25, -0.2) is 0 Å². The lowest BCUT2D eigenvalue weighted by Gasteiger charge is -2.44. The van der Waals surface area contributed by atoms with Gasteiger partial charge in [0, 0.05) is 4.47 Å². The van der Waals surface area contributed by atoms with Crippen LogP contribution in [0.1, 0.15) is 10.4 Å². The molecule has 0 spiro atoms. The molecule has 102 valence electrons. The summed E-state index contributed by atoms with van der Waals surface area (Å²) in [5.74, 6) is -0.705. The Kier molecular flexibility index (Phi) is 3.51. The lowest BCUT2D eigenvalue weighted by molar-refractivity contribution is -0.151. The summed E-state index contributed by atoms with van der Waals surface area (Å²) in [6.07, 6.45) is 0. The van der Waals surface area contributed by atoms with E-state index in [0.29, 0.717) is 11.3 Å². The Morgan fingerprint density at radius 3 is 2.63 bits per heavy atom. The molecule has 0 aliphatic carbocycles. The number of nitrogens with zero attached hydrogens (tertiary/aromatic N) is 1. The molecular weight excluding hydrogens is 316 g/mol. The van der Waals surface area contributed by atoms with Crippen LogP contribution in [-0.2, 0) is 4.79 Å². The predicted octanol–water partition coefficient (Wildman–Crippen LogP) is 0.130. The lowest BCUT2D eigenvalue weighted by Crippen LogP contribution is -2.69. The van der Waals surface area contributed by atoms with Crippen LogP contribution in [0.2, 0.25) is 0 Å². The van der Waals surface area contributed by atoms with Crippen molar-refractivity contribution in [2.24, 2.45) is 5.73 Å². The molecule has 1 aliphatic heterocycles. The zero-order chi connectivity index (χ0) is 14.2. The van der Waals surface area contributed by atoms with Gasteiger partial charge in [0.1, 0.15) is 5.75 Å². The number of halogens is 1. The molecule has 0 aromatic heterocycles. The number of amides is 2. The second-order valence-electron chi connectivity index (χ2n) is 4.40. The molecule has 1 saturated heterocycles.